The molecule has 27 heavy (non-hydrogen) atoms. The molecule has 0 fully saturated rings. The van der Waals surface area contributed by atoms with E-state index in [9.17, 15) is 14.7 Å². The molecule has 3 rings (SSSR count). The van der Waals surface area contributed by atoms with Gasteiger partial charge in [-0.25, -0.2) is 4.98 Å². The topological polar surface area (TPSA) is 95.3 Å². The van der Waals surface area contributed by atoms with Crippen molar-refractivity contribution in [2.75, 3.05) is 5.32 Å². The Labute approximate surface area is 178 Å². The summed E-state index contributed by atoms with van der Waals surface area (Å²) < 4.78 is 5.21. The van der Waals surface area contributed by atoms with Gasteiger partial charge in [0, 0.05) is 29.6 Å². The summed E-state index contributed by atoms with van der Waals surface area (Å²) in [5, 5.41) is 14.1. The van der Waals surface area contributed by atoms with Crippen LogP contribution in [0.2, 0.25) is 0 Å². The number of nitrogens with one attached hydrogen (secondary N) is 1. The van der Waals surface area contributed by atoms with E-state index in [0.29, 0.717) is 11.4 Å². The van der Waals surface area contributed by atoms with Crippen molar-refractivity contribution in [3.8, 4) is 11.3 Å². The third kappa shape index (κ3) is 6.06. The Bertz CT molecular complexity index is 865. The second-order valence-corrected chi connectivity index (χ2v) is 5.90. The Kier molecular flexibility index (Phi) is 7.79. The number of aliphatic carboxylic acids is 1. The molecule has 0 radical (unpaired) electrons. The number of aromatic nitrogens is 1. The van der Waals surface area contributed by atoms with Gasteiger partial charge in [-0.3, -0.25) is 4.79 Å². The molecule has 1 aromatic heterocycles. The quantitative estimate of drug-likeness (QED) is 0.553. The Morgan fingerprint density at radius 3 is 2.37 bits per heavy atom. The van der Waals surface area contributed by atoms with Crippen LogP contribution in [-0.4, -0.2) is 16.9 Å². The predicted molar refractivity (Wildman–Crippen MR) is 93.8 cm³/mol. The largest absolute Gasteiger partial charge is 1.00 e. The third-order valence-electron chi connectivity index (χ3n) is 3.98. The number of carboxylic acid groups (broad SMARTS) is 1. The first-order chi connectivity index (χ1) is 12.6. The van der Waals surface area contributed by atoms with Gasteiger partial charge in [-0.1, -0.05) is 30.3 Å². The molecule has 0 spiro atoms. The fraction of sp³-hybridized carbons (Fsp3) is 0.150. The minimum atomic E-state index is -1.23. The molecular formula is C20H17N2NaO4. The number of amides is 1. The van der Waals surface area contributed by atoms with E-state index in [2.05, 4.69) is 10.3 Å². The zero-order valence-electron chi connectivity index (χ0n) is 14.9. The van der Waals surface area contributed by atoms with Crippen LogP contribution in [0, 0.1) is 5.92 Å². The molecule has 0 aliphatic heterocycles. The van der Waals surface area contributed by atoms with Crippen LogP contribution in [0.25, 0.3) is 11.3 Å². The zero-order valence-corrected chi connectivity index (χ0v) is 16.9. The summed E-state index contributed by atoms with van der Waals surface area (Å²) in [4.78, 5) is 27.4. The number of rotatable bonds is 7. The Hall–Kier alpha value is -2.41. The number of nitrogens with zero attached hydrogens (tertiary/aromatic N) is 1. The van der Waals surface area contributed by atoms with Gasteiger partial charge in [0.05, 0.1) is 6.20 Å². The maximum absolute atomic E-state index is 12.2. The molecule has 0 bridgehead atoms. The summed E-state index contributed by atoms with van der Waals surface area (Å²) in [6.07, 6.45) is 3.04. The van der Waals surface area contributed by atoms with Gasteiger partial charge < -0.3 is 19.6 Å². The first-order valence-electron chi connectivity index (χ1n) is 8.15. The second kappa shape index (κ2) is 10.1. The van der Waals surface area contributed by atoms with E-state index in [1.165, 1.54) is 6.39 Å². The first-order valence-corrected chi connectivity index (χ1v) is 8.15. The van der Waals surface area contributed by atoms with Crippen molar-refractivity contribution >= 4 is 17.6 Å². The normalized spacial score (nSPS) is 11.3. The molecule has 2 aromatic carbocycles. The SMILES string of the molecule is O=C(CC(Cc1ccccc1)C(=O)[O-])Nc1ccc(-c2cnco2)cc1.[Na+]. The van der Waals surface area contributed by atoms with Crippen LogP contribution in [0.3, 0.4) is 0 Å². The molecule has 0 aliphatic carbocycles. The van der Waals surface area contributed by atoms with Crippen LogP contribution in [0.1, 0.15) is 12.0 Å². The van der Waals surface area contributed by atoms with E-state index in [1.54, 1.807) is 30.5 Å². The van der Waals surface area contributed by atoms with Crippen molar-refractivity contribution < 1.29 is 48.7 Å². The van der Waals surface area contributed by atoms with Crippen LogP contribution in [0.15, 0.2) is 71.6 Å². The van der Waals surface area contributed by atoms with Gasteiger partial charge in [0.1, 0.15) is 0 Å². The van der Waals surface area contributed by atoms with Gasteiger partial charge in [-0.2, -0.15) is 0 Å². The molecule has 0 saturated carbocycles. The number of carbonyl (C=O) groups is 2. The molecule has 3 aromatic rings. The van der Waals surface area contributed by atoms with Gasteiger partial charge in [0.2, 0.25) is 5.91 Å². The van der Waals surface area contributed by atoms with Crippen LogP contribution in [0.4, 0.5) is 5.69 Å². The molecule has 1 heterocycles. The van der Waals surface area contributed by atoms with Crippen LogP contribution in [0.5, 0.6) is 0 Å². The maximum atomic E-state index is 12.2. The molecule has 1 N–H and O–H groups in total. The molecular weight excluding hydrogens is 355 g/mol. The Morgan fingerprint density at radius 2 is 1.78 bits per heavy atom. The first kappa shape index (κ1) is 20.9. The van der Waals surface area contributed by atoms with E-state index in [0.717, 1.165) is 11.1 Å². The summed E-state index contributed by atoms with van der Waals surface area (Å²) in [6, 6.07) is 16.2. The van der Waals surface area contributed by atoms with Gasteiger partial charge in [-0.15, -0.1) is 0 Å². The van der Waals surface area contributed by atoms with E-state index in [4.69, 9.17) is 4.42 Å². The monoisotopic (exact) mass is 372 g/mol. The van der Waals surface area contributed by atoms with E-state index in [-0.39, 0.29) is 48.3 Å². The summed E-state index contributed by atoms with van der Waals surface area (Å²) in [5.41, 5.74) is 2.26. The second-order valence-electron chi connectivity index (χ2n) is 5.90. The van der Waals surface area contributed by atoms with E-state index < -0.39 is 11.9 Å². The average molecular weight is 372 g/mol. The number of anilines is 1. The van der Waals surface area contributed by atoms with Crippen molar-refractivity contribution in [1.29, 1.82) is 0 Å². The average Bonchev–Trinajstić information content (AvgIpc) is 3.17. The molecule has 0 saturated heterocycles. The van der Waals surface area contributed by atoms with Crippen molar-refractivity contribution in [2.24, 2.45) is 5.92 Å². The van der Waals surface area contributed by atoms with Crippen molar-refractivity contribution in [1.82, 2.24) is 4.98 Å². The van der Waals surface area contributed by atoms with Crippen molar-refractivity contribution in [2.45, 2.75) is 12.8 Å². The van der Waals surface area contributed by atoms with Gasteiger partial charge in [0.15, 0.2) is 12.2 Å². The minimum Gasteiger partial charge on any atom is -0.550 e. The number of oxazole rings is 1. The van der Waals surface area contributed by atoms with Gasteiger partial charge >= 0.3 is 29.6 Å². The number of hydrogen-bond donors (Lipinski definition) is 1. The predicted octanol–water partition coefficient (Wildman–Crippen LogP) is -0.717. The number of carbonyl (C=O) groups excluding carboxylic acids is 2. The summed E-state index contributed by atoms with van der Waals surface area (Å²) in [6.45, 7) is 0. The van der Waals surface area contributed by atoms with Crippen LogP contribution < -0.4 is 40.0 Å². The molecule has 1 amide bonds. The van der Waals surface area contributed by atoms with Crippen molar-refractivity contribution in [3.05, 3.63) is 72.8 Å². The van der Waals surface area contributed by atoms with Gasteiger partial charge in [0.25, 0.3) is 0 Å². The third-order valence-corrected chi connectivity index (χ3v) is 3.98. The van der Waals surface area contributed by atoms with Crippen molar-refractivity contribution in [3.63, 3.8) is 0 Å². The molecule has 6 nitrogen and oxygen atoms in total. The number of benzene rings is 2. The molecule has 7 heteroatoms. The van der Waals surface area contributed by atoms with E-state index >= 15 is 0 Å². The van der Waals surface area contributed by atoms with Crippen LogP contribution >= 0.6 is 0 Å². The standard InChI is InChI=1S/C20H18N2O4.Na/c23-19(11-16(20(24)25)10-14-4-2-1-3-5-14)22-17-8-6-15(7-9-17)18-12-21-13-26-18;/h1-9,12-13,16H,10-11H2,(H,22,23)(H,24,25);/q;+1/p-1. The summed E-state index contributed by atoms with van der Waals surface area (Å²) >= 11 is 0. The fourth-order valence-corrected chi connectivity index (χ4v) is 2.65. The molecule has 1 unspecified atom stereocenters. The van der Waals surface area contributed by atoms with E-state index in [1.807, 2.05) is 30.3 Å². The molecule has 1 atom stereocenters. The number of carboxylic acids is 1. The zero-order chi connectivity index (χ0) is 18.4. The summed E-state index contributed by atoms with van der Waals surface area (Å²) in [7, 11) is 0. The summed E-state index contributed by atoms with van der Waals surface area (Å²) in [5.74, 6) is -1.86. The Balaban J connectivity index is 0.00000261. The fourth-order valence-electron chi connectivity index (χ4n) is 2.65. The Morgan fingerprint density at radius 1 is 1.07 bits per heavy atom. The maximum Gasteiger partial charge on any atom is 1.00 e. The van der Waals surface area contributed by atoms with Gasteiger partial charge in [-0.05, 0) is 36.2 Å². The molecule has 0 aliphatic rings. The minimum absolute atomic E-state index is 0. The molecule has 132 valence electrons. The van der Waals surface area contributed by atoms with Crippen LogP contribution in [-0.2, 0) is 16.0 Å². The smallest absolute Gasteiger partial charge is 0.550 e. The number of hydrogen-bond acceptors (Lipinski definition) is 5.